The average molecular weight is 276 g/mol. The van der Waals surface area contributed by atoms with Crippen LogP contribution < -0.4 is 5.32 Å². The van der Waals surface area contributed by atoms with Crippen LogP contribution in [-0.2, 0) is 6.54 Å². The van der Waals surface area contributed by atoms with Gasteiger partial charge in [0.2, 0.25) is 0 Å². The number of hydrogen-bond acceptors (Lipinski definition) is 2. The monoisotopic (exact) mass is 275 g/mol. The lowest BCUT2D eigenvalue weighted by molar-refractivity contribution is 0.214. The van der Waals surface area contributed by atoms with Gasteiger partial charge in [0, 0.05) is 18.7 Å². The molecule has 4 heteroatoms. The first-order chi connectivity index (χ1) is 8.00. The predicted molar refractivity (Wildman–Crippen MR) is 73.7 cm³/mol. The van der Waals surface area contributed by atoms with Crippen LogP contribution in [0.1, 0.15) is 32.3 Å². The van der Waals surface area contributed by atoms with Gasteiger partial charge in [0.15, 0.2) is 0 Å². The zero-order chi connectivity index (χ0) is 12.9. The Morgan fingerprint density at radius 2 is 2.00 bits per heavy atom. The van der Waals surface area contributed by atoms with Crippen molar-refractivity contribution in [3.63, 3.8) is 0 Å². The van der Waals surface area contributed by atoms with E-state index in [0.29, 0.717) is 10.0 Å². The van der Waals surface area contributed by atoms with Gasteiger partial charge >= 0.3 is 0 Å². The van der Waals surface area contributed by atoms with Crippen LogP contribution in [0.5, 0.6) is 0 Å². The quantitative estimate of drug-likeness (QED) is 0.831. The molecule has 0 saturated carbocycles. The standard InChI is InChI=1S/C13H19Cl2NO/c1-3-13(2,6-7-17)16-9-10-4-5-11(14)12(15)8-10/h4-5,8,16-17H,3,6-7,9H2,1-2H3. The summed E-state index contributed by atoms with van der Waals surface area (Å²) in [6, 6.07) is 5.62. The van der Waals surface area contributed by atoms with Crippen molar-refractivity contribution in [3.05, 3.63) is 33.8 Å². The van der Waals surface area contributed by atoms with Crippen LogP contribution in [0.15, 0.2) is 18.2 Å². The van der Waals surface area contributed by atoms with Crippen molar-refractivity contribution in [2.75, 3.05) is 6.61 Å². The maximum atomic E-state index is 9.03. The molecule has 0 amide bonds. The summed E-state index contributed by atoms with van der Waals surface area (Å²) in [4.78, 5) is 0. The molecule has 0 aliphatic rings. The summed E-state index contributed by atoms with van der Waals surface area (Å²) in [5.41, 5.74) is 1.05. The van der Waals surface area contributed by atoms with Crippen LogP contribution >= 0.6 is 23.2 Å². The van der Waals surface area contributed by atoms with Gasteiger partial charge in [0.05, 0.1) is 10.0 Å². The number of aliphatic hydroxyl groups excluding tert-OH is 1. The first-order valence-corrected chi connectivity index (χ1v) is 6.56. The third-order valence-corrected chi connectivity index (χ3v) is 3.89. The first kappa shape index (κ1) is 14.8. The molecule has 2 nitrogen and oxygen atoms in total. The van der Waals surface area contributed by atoms with E-state index in [1.165, 1.54) is 0 Å². The van der Waals surface area contributed by atoms with Crippen LogP contribution in [0.2, 0.25) is 10.0 Å². The van der Waals surface area contributed by atoms with Gasteiger partial charge in [0.25, 0.3) is 0 Å². The van der Waals surface area contributed by atoms with Crippen molar-refractivity contribution < 1.29 is 5.11 Å². The Morgan fingerprint density at radius 1 is 1.29 bits per heavy atom. The summed E-state index contributed by atoms with van der Waals surface area (Å²) >= 11 is 11.8. The summed E-state index contributed by atoms with van der Waals surface area (Å²) in [5.74, 6) is 0. The van der Waals surface area contributed by atoms with Crippen molar-refractivity contribution in [3.8, 4) is 0 Å². The smallest absolute Gasteiger partial charge is 0.0595 e. The zero-order valence-corrected chi connectivity index (χ0v) is 11.8. The Labute approximate surface area is 113 Å². The van der Waals surface area contributed by atoms with Crippen LogP contribution in [0.3, 0.4) is 0 Å². The fourth-order valence-electron chi connectivity index (χ4n) is 1.60. The van der Waals surface area contributed by atoms with Gasteiger partial charge < -0.3 is 10.4 Å². The molecule has 0 fully saturated rings. The largest absolute Gasteiger partial charge is 0.396 e. The highest BCUT2D eigenvalue weighted by Crippen LogP contribution is 2.23. The maximum absolute atomic E-state index is 9.03. The second-order valence-corrected chi connectivity index (χ2v) is 5.30. The molecule has 0 heterocycles. The van der Waals surface area contributed by atoms with Gasteiger partial charge in [-0.2, -0.15) is 0 Å². The van der Waals surface area contributed by atoms with Crippen molar-refractivity contribution >= 4 is 23.2 Å². The molecule has 0 aromatic heterocycles. The lowest BCUT2D eigenvalue weighted by Gasteiger charge is -2.29. The van der Waals surface area contributed by atoms with Gasteiger partial charge in [-0.15, -0.1) is 0 Å². The molecule has 0 radical (unpaired) electrons. The summed E-state index contributed by atoms with van der Waals surface area (Å²) < 4.78 is 0. The molecular formula is C13H19Cl2NO. The van der Waals surface area contributed by atoms with Crippen molar-refractivity contribution in [2.45, 2.75) is 38.8 Å². The molecule has 0 bridgehead atoms. The highest BCUT2D eigenvalue weighted by atomic mass is 35.5. The molecule has 1 rings (SSSR count). The van der Waals surface area contributed by atoms with E-state index >= 15 is 0 Å². The number of hydrogen-bond donors (Lipinski definition) is 2. The number of nitrogens with one attached hydrogen (secondary N) is 1. The summed E-state index contributed by atoms with van der Waals surface area (Å²) in [7, 11) is 0. The average Bonchev–Trinajstić information content (AvgIpc) is 2.31. The number of aliphatic hydroxyl groups is 1. The second-order valence-electron chi connectivity index (χ2n) is 4.49. The molecule has 0 aliphatic carbocycles. The van der Waals surface area contributed by atoms with E-state index < -0.39 is 0 Å². The molecule has 1 atom stereocenters. The Morgan fingerprint density at radius 3 is 2.53 bits per heavy atom. The van der Waals surface area contributed by atoms with E-state index in [4.69, 9.17) is 28.3 Å². The Kier molecular flexibility index (Phi) is 5.74. The Bertz CT molecular complexity index is 370. The summed E-state index contributed by atoms with van der Waals surface area (Å²) in [6.45, 7) is 5.14. The molecule has 96 valence electrons. The summed E-state index contributed by atoms with van der Waals surface area (Å²) in [5, 5.41) is 13.6. The third kappa shape index (κ3) is 4.47. The van der Waals surface area contributed by atoms with Crippen molar-refractivity contribution in [1.29, 1.82) is 0 Å². The molecule has 0 aliphatic heterocycles. The van der Waals surface area contributed by atoms with E-state index in [-0.39, 0.29) is 12.1 Å². The fourth-order valence-corrected chi connectivity index (χ4v) is 1.92. The van der Waals surface area contributed by atoms with E-state index in [9.17, 15) is 0 Å². The van der Waals surface area contributed by atoms with Gasteiger partial charge in [0.1, 0.15) is 0 Å². The molecule has 0 spiro atoms. The number of rotatable bonds is 6. The van der Waals surface area contributed by atoms with E-state index in [1.54, 1.807) is 6.07 Å². The predicted octanol–water partition coefficient (Wildman–Crippen LogP) is 3.63. The lowest BCUT2D eigenvalue weighted by Crippen LogP contribution is -2.42. The topological polar surface area (TPSA) is 32.3 Å². The van der Waals surface area contributed by atoms with Gasteiger partial charge in [-0.25, -0.2) is 0 Å². The molecule has 1 aromatic carbocycles. The molecule has 0 saturated heterocycles. The normalized spacial score (nSPS) is 14.6. The fraction of sp³-hybridized carbons (Fsp3) is 0.538. The number of benzene rings is 1. The Hall–Kier alpha value is -0.280. The van der Waals surface area contributed by atoms with Crippen molar-refractivity contribution in [1.82, 2.24) is 5.32 Å². The van der Waals surface area contributed by atoms with Gasteiger partial charge in [-0.1, -0.05) is 36.2 Å². The minimum absolute atomic E-state index is 0.0408. The maximum Gasteiger partial charge on any atom is 0.0595 e. The van der Waals surface area contributed by atoms with E-state index in [1.807, 2.05) is 12.1 Å². The van der Waals surface area contributed by atoms with Gasteiger partial charge in [-0.3, -0.25) is 0 Å². The lowest BCUT2D eigenvalue weighted by atomic mass is 9.94. The zero-order valence-electron chi connectivity index (χ0n) is 10.3. The molecule has 17 heavy (non-hydrogen) atoms. The summed E-state index contributed by atoms with van der Waals surface area (Å²) in [6.07, 6.45) is 1.71. The minimum atomic E-state index is -0.0408. The highest BCUT2D eigenvalue weighted by molar-refractivity contribution is 6.42. The second kappa shape index (κ2) is 6.60. The van der Waals surface area contributed by atoms with Gasteiger partial charge in [-0.05, 0) is 37.5 Å². The Balaban J connectivity index is 2.62. The van der Waals surface area contributed by atoms with Crippen molar-refractivity contribution in [2.24, 2.45) is 0 Å². The number of halogens is 2. The molecular weight excluding hydrogens is 257 g/mol. The SMILES string of the molecule is CCC(C)(CCO)NCc1ccc(Cl)c(Cl)c1. The van der Waals surface area contributed by atoms with Crippen LogP contribution in [0, 0.1) is 0 Å². The third-order valence-electron chi connectivity index (χ3n) is 3.15. The molecule has 1 aromatic rings. The van der Waals surface area contributed by atoms with E-state index in [0.717, 1.165) is 24.9 Å². The molecule has 2 N–H and O–H groups in total. The molecule has 1 unspecified atom stereocenters. The first-order valence-electron chi connectivity index (χ1n) is 5.80. The minimum Gasteiger partial charge on any atom is -0.396 e. The van der Waals surface area contributed by atoms with Crippen LogP contribution in [-0.4, -0.2) is 17.3 Å². The van der Waals surface area contributed by atoms with Crippen LogP contribution in [0.25, 0.3) is 0 Å². The highest BCUT2D eigenvalue weighted by Gasteiger charge is 2.20. The van der Waals surface area contributed by atoms with Crippen LogP contribution in [0.4, 0.5) is 0 Å². The van der Waals surface area contributed by atoms with E-state index in [2.05, 4.69) is 19.2 Å².